The van der Waals surface area contributed by atoms with Crippen LogP contribution in [-0.2, 0) is 9.53 Å². The van der Waals surface area contributed by atoms with Crippen LogP contribution in [0.3, 0.4) is 0 Å². The highest BCUT2D eigenvalue weighted by molar-refractivity contribution is 6.32. The Hall–Kier alpha value is -1.40. The van der Waals surface area contributed by atoms with E-state index in [0.717, 1.165) is 14.2 Å². The number of hydrogen-bond donors (Lipinski definition) is 1. The number of aliphatic hydroxyl groups excluding tert-OH is 1. The molecule has 0 aliphatic heterocycles. The second kappa shape index (κ2) is 5.29. The van der Waals surface area contributed by atoms with Crippen molar-refractivity contribution in [2.75, 3.05) is 14.2 Å². The molecule has 1 unspecified atom stereocenters. The zero-order valence-electron chi connectivity index (χ0n) is 8.96. The Morgan fingerprint density at radius 2 is 2.06 bits per heavy atom. The molecule has 0 aromatic heterocycles. The van der Waals surface area contributed by atoms with Gasteiger partial charge in [0.05, 0.1) is 24.8 Å². The third-order valence-electron chi connectivity index (χ3n) is 2.06. The highest BCUT2D eigenvalue weighted by atomic mass is 35.5. The number of benzene rings is 1. The van der Waals surface area contributed by atoms with E-state index in [4.69, 9.17) is 16.3 Å². The lowest BCUT2D eigenvalue weighted by Crippen LogP contribution is -2.17. The number of halogens is 3. The summed E-state index contributed by atoms with van der Waals surface area (Å²) in [6, 6.07) is 0.684. The van der Waals surface area contributed by atoms with Crippen molar-refractivity contribution in [3.8, 4) is 5.75 Å². The molecular weight excluding hydrogens is 258 g/mol. The van der Waals surface area contributed by atoms with Gasteiger partial charge >= 0.3 is 5.97 Å². The lowest BCUT2D eigenvalue weighted by atomic mass is 10.1. The van der Waals surface area contributed by atoms with Gasteiger partial charge in [0, 0.05) is 0 Å². The Labute approximate surface area is 101 Å². The second-order valence-corrected chi connectivity index (χ2v) is 3.43. The predicted molar refractivity (Wildman–Crippen MR) is 54.9 cm³/mol. The normalized spacial score (nSPS) is 12.1. The van der Waals surface area contributed by atoms with Crippen LogP contribution in [-0.4, -0.2) is 25.3 Å². The van der Waals surface area contributed by atoms with E-state index in [1.165, 1.54) is 0 Å². The summed E-state index contributed by atoms with van der Waals surface area (Å²) in [6.45, 7) is 0. The molecule has 1 atom stereocenters. The van der Waals surface area contributed by atoms with Crippen molar-refractivity contribution in [1.82, 2.24) is 0 Å². The molecule has 0 radical (unpaired) electrons. The van der Waals surface area contributed by atoms with Gasteiger partial charge in [-0.3, -0.25) is 0 Å². The zero-order valence-corrected chi connectivity index (χ0v) is 9.72. The molecule has 7 heteroatoms. The Morgan fingerprint density at radius 3 is 2.53 bits per heavy atom. The summed E-state index contributed by atoms with van der Waals surface area (Å²) in [5.41, 5.74) is -0.690. The van der Waals surface area contributed by atoms with Crippen molar-refractivity contribution in [3.63, 3.8) is 0 Å². The van der Waals surface area contributed by atoms with Crippen LogP contribution in [0.4, 0.5) is 8.78 Å². The van der Waals surface area contributed by atoms with Crippen LogP contribution in [0.5, 0.6) is 5.75 Å². The number of carbonyl (C=O) groups excluding carboxylic acids is 1. The smallest absolute Gasteiger partial charge is 0.339 e. The lowest BCUT2D eigenvalue weighted by Gasteiger charge is -2.15. The summed E-state index contributed by atoms with van der Waals surface area (Å²) in [5.74, 6) is -4.18. The van der Waals surface area contributed by atoms with Gasteiger partial charge in [-0.05, 0) is 6.07 Å². The van der Waals surface area contributed by atoms with Crippen LogP contribution in [0, 0.1) is 11.6 Å². The first kappa shape index (κ1) is 13.7. The van der Waals surface area contributed by atoms with E-state index in [1.54, 1.807) is 0 Å². The van der Waals surface area contributed by atoms with E-state index < -0.39 is 29.3 Å². The number of aliphatic hydroxyl groups is 1. The SMILES string of the molecule is COC(=O)C(O)c1c(F)c(F)cc(Cl)c1OC. The third kappa shape index (κ3) is 2.48. The van der Waals surface area contributed by atoms with Crippen LogP contribution >= 0.6 is 11.6 Å². The second-order valence-electron chi connectivity index (χ2n) is 3.03. The molecular formula is C10H9ClF2O4. The summed E-state index contributed by atoms with van der Waals surface area (Å²) in [6.07, 6.45) is -2.01. The number of methoxy groups -OCH3 is 2. The first-order valence-corrected chi connectivity index (χ1v) is 4.79. The van der Waals surface area contributed by atoms with Gasteiger partial charge < -0.3 is 14.6 Å². The maximum absolute atomic E-state index is 13.5. The molecule has 17 heavy (non-hydrogen) atoms. The minimum atomic E-state index is -2.01. The average Bonchev–Trinajstić information content (AvgIpc) is 2.31. The molecule has 1 aromatic rings. The molecule has 0 aliphatic carbocycles. The quantitative estimate of drug-likeness (QED) is 0.670. The zero-order chi connectivity index (χ0) is 13.2. The van der Waals surface area contributed by atoms with E-state index in [2.05, 4.69) is 4.74 Å². The highest BCUT2D eigenvalue weighted by Gasteiger charge is 2.29. The summed E-state index contributed by atoms with van der Waals surface area (Å²) >= 11 is 5.60. The third-order valence-corrected chi connectivity index (χ3v) is 2.34. The van der Waals surface area contributed by atoms with Crippen molar-refractivity contribution in [2.45, 2.75) is 6.10 Å². The predicted octanol–water partition coefficient (Wildman–Crippen LogP) is 1.83. The minimum absolute atomic E-state index is 0.260. The molecule has 0 saturated carbocycles. The van der Waals surface area contributed by atoms with Gasteiger partial charge in [0.1, 0.15) is 5.75 Å². The Bertz CT molecular complexity index is 450. The lowest BCUT2D eigenvalue weighted by molar-refractivity contribution is -0.151. The summed E-state index contributed by atoms with van der Waals surface area (Å²) in [7, 11) is 2.14. The molecule has 0 fully saturated rings. The maximum Gasteiger partial charge on any atom is 0.339 e. The van der Waals surface area contributed by atoms with Gasteiger partial charge in [0.25, 0.3) is 0 Å². The van der Waals surface area contributed by atoms with Crippen molar-refractivity contribution < 1.29 is 28.2 Å². The molecule has 1 N–H and O–H groups in total. The molecule has 0 spiro atoms. The average molecular weight is 267 g/mol. The van der Waals surface area contributed by atoms with Crippen LogP contribution in [0.1, 0.15) is 11.7 Å². The molecule has 4 nitrogen and oxygen atoms in total. The molecule has 0 bridgehead atoms. The van der Waals surface area contributed by atoms with E-state index in [-0.39, 0.29) is 10.8 Å². The highest BCUT2D eigenvalue weighted by Crippen LogP contribution is 2.36. The van der Waals surface area contributed by atoms with Crippen LogP contribution < -0.4 is 4.74 Å². The Morgan fingerprint density at radius 1 is 1.47 bits per heavy atom. The number of rotatable bonds is 3. The summed E-state index contributed by atoms with van der Waals surface area (Å²) in [5, 5.41) is 9.25. The van der Waals surface area contributed by atoms with Crippen LogP contribution in [0.15, 0.2) is 6.07 Å². The van der Waals surface area contributed by atoms with Gasteiger partial charge in [0.15, 0.2) is 17.7 Å². The fraction of sp³-hybridized carbons (Fsp3) is 0.300. The van der Waals surface area contributed by atoms with Gasteiger partial charge in [-0.25, -0.2) is 13.6 Å². The van der Waals surface area contributed by atoms with Gasteiger partial charge in [-0.15, -0.1) is 0 Å². The van der Waals surface area contributed by atoms with Crippen molar-refractivity contribution in [3.05, 3.63) is 28.3 Å². The first-order valence-electron chi connectivity index (χ1n) is 4.41. The van der Waals surface area contributed by atoms with Gasteiger partial charge in [-0.1, -0.05) is 11.6 Å². The molecule has 0 heterocycles. The van der Waals surface area contributed by atoms with Crippen molar-refractivity contribution in [2.24, 2.45) is 0 Å². The molecule has 1 rings (SSSR count). The number of hydrogen-bond acceptors (Lipinski definition) is 4. The monoisotopic (exact) mass is 266 g/mol. The molecule has 1 aromatic carbocycles. The standard InChI is InChI=1S/C10H9ClF2O4/c1-16-9-4(11)3-5(12)7(13)6(9)8(14)10(15)17-2/h3,8,14H,1-2H3. The number of ether oxygens (including phenoxy) is 2. The number of esters is 1. The summed E-state index contributed by atoms with van der Waals surface area (Å²) in [4.78, 5) is 11.1. The maximum atomic E-state index is 13.5. The van der Waals surface area contributed by atoms with Crippen LogP contribution in [0.25, 0.3) is 0 Å². The van der Waals surface area contributed by atoms with E-state index in [1.807, 2.05) is 0 Å². The Balaban J connectivity index is 3.44. The van der Waals surface area contributed by atoms with Gasteiger partial charge in [0.2, 0.25) is 0 Å². The number of carbonyl (C=O) groups is 1. The van der Waals surface area contributed by atoms with E-state index in [9.17, 15) is 18.7 Å². The first-order chi connectivity index (χ1) is 7.93. The topological polar surface area (TPSA) is 55.8 Å². The van der Waals surface area contributed by atoms with Crippen LogP contribution in [0.2, 0.25) is 5.02 Å². The minimum Gasteiger partial charge on any atom is -0.495 e. The Kier molecular flexibility index (Phi) is 4.25. The van der Waals surface area contributed by atoms with Crippen molar-refractivity contribution in [1.29, 1.82) is 0 Å². The fourth-order valence-electron chi connectivity index (χ4n) is 1.28. The molecule has 0 amide bonds. The molecule has 0 saturated heterocycles. The molecule has 94 valence electrons. The fourth-order valence-corrected chi connectivity index (χ4v) is 1.55. The summed E-state index contributed by atoms with van der Waals surface area (Å²) < 4.78 is 35.5. The van der Waals surface area contributed by atoms with E-state index >= 15 is 0 Å². The van der Waals surface area contributed by atoms with Crippen molar-refractivity contribution >= 4 is 17.6 Å². The van der Waals surface area contributed by atoms with Gasteiger partial charge in [-0.2, -0.15) is 0 Å². The van der Waals surface area contributed by atoms with E-state index in [0.29, 0.717) is 6.07 Å². The molecule has 0 aliphatic rings. The largest absolute Gasteiger partial charge is 0.495 e.